The number of nitrogens with zero attached hydrogens (tertiary/aromatic N) is 3. The van der Waals surface area contributed by atoms with Gasteiger partial charge in [0.05, 0.1) is 12.2 Å². The second kappa shape index (κ2) is 6.60. The number of halogens is 1. The highest BCUT2D eigenvalue weighted by Crippen LogP contribution is 2.39. The van der Waals surface area contributed by atoms with Crippen molar-refractivity contribution in [3.8, 4) is 0 Å². The third-order valence-corrected chi connectivity index (χ3v) is 6.03. The molecule has 5 heteroatoms. The van der Waals surface area contributed by atoms with Crippen LogP contribution in [0.3, 0.4) is 0 Å². The Morgan fingerprint density at radius 3 is 2.68 bits per heavy atom. The normalized spacial score (nSPS) is 17.2. The Kier molecular flexibility index (Phi) is 4.05. The van der Waals surface area contributed by atoms with Gasteiger partial charge in [-0.15, -0.1) is 0 Å². The predicted molar refractivity (Wildman–Crippen MR) is 109 cm³/mol. The summed E-state index contributed by atoms with van der Waals surface area (Å²) < 4.78 is 15.5. The van der Waals surface area contributed by atoms with Crippen LogP contribution in [0.1, 0.15) is 34.1 Å². The van der Waals surface area contributed by atoms with Crippen LogP contribution in [-0.2, 0) is 20.0 Å². The van der Waals surface area contributed by atoms with Crippen molar-refractivity contribution in [3.63, 3.8) is 0 Å². The summed E-state index contributed by atoms with van der Waals surface area (Å²) in [6.45, 7) is 3.87. The number of nitrogens with one attached hydrogen (secondary N) is 1. The lowest BCUT2D eigenvalue weighted by Crippen LogP contribution is -2.35. The molecule has 0 radical (unpaired) electrons. The summed E-state index contributed by atoms with van der Waals surface area (Å²) in [6.07, 6.45) is 2.95. The Balaban J connectivity index is 1.62. The summed E-state index contributed by atoms with van der Waals surface area (Å²) in [4.78, 5) is 6.13. The highest BCUT2D eigenvalue weighted by molar-refractivity contribution is 5.85. The van der Waals surface area contributed by atoms with E-state index in [9.17, 15) is 4.39 Å². The second-order valence-corrected chi connectivity index (χ2v) is 7.62. The maximum atomic E-state index is 13.6. The van der Waals surface area contributed by atoms with E-state index in [2.05, 4.69) is 46.2 Å². The van der Waals surface area contributed by atoms with Crippen LogP contribution in [0, 0.1) is 12.7 Å². The molecule has 0 saturated heterocycles. The van der Waals surface area contributed by atoms with Gasteiger partial charge in [-0.25, -0.2) is 4.39 Å². The largest absolute Gasteiger partial charge is 0.357 e. The molecule has 2 aromatic heterocycles. The van der Waals surface area contributed by atoms with Crippen molar-refractivity contribution in [1.82, 2.24) is 19.7 Å². The van der Waals surface area contributed by atoms with Crippen molar-refractivity contribution in [2.45, 2.75) is 25.9 Å². The quantitative estimate of drug-likeness (QED) is 0.573. The lowest BCUT2D eigenvalue weighted by atomic mass is 9.92. The van der Waals surface area contributed by atoms with E-state index in [0.717, 1.165) is 25.1 Å². The summed E-state index contributed by atoms with van der Waals surface area (Å²) in [5, 5.41) is 5.70. The number of benzene rings is 2. The van der Waals surface area contributed by atoms with Crippen LogP contribution in [0.25, 0.3) is 10.9 Å². The zero-order valence-corrected chi connectivity index (χ0v) is 16.1. The van der Waals surface area contributed by atoms with Crippen LogP contribution < -0.4 is 0 Å². The SMILES string of the molecule is Cc1c(CN2CCc3c([nH]c4ccccc34)C2c2ccc(F)cc2)cnn1C. The predicted octanol–water partition coefficient (Wildman–Crippen LogP) is 4.50. The molecule has 0 spiro atoms. The van der Waals surface area contributed by atoms with E-state index < -0.39 is 0 Å². The van der Waals surface area contributed by atoms with Crippen molar-refractivity contribution in [2.24, 2.45) is 7.05 Å². The average molecular weight is 374 g/mol. The first-order valence-electron chi connectivity index (χ1n) is 9.68. The highest BCUT2D eigenvalue weighted by atomic mass is 19.1. The van der Waals surface area contributed by atoms with Gasteiger partial charge >= 0.3 is 0 Å². The molecule has 3 heterocycles. The molecule has 0 amide bonds. The summed E-state index contributed by atoms with van der Waals surface area (Å²) in [7, 11) is 1.97. The van der Waals surface area contributed by atoms with Gasteiger partial charge in [-0.2, -0.15) is 5.10 Å². The van der Waals surface area contributed by atoms with E-state index in [1.807, 2.05) is 30.1 Å². The van der Waals surface area contributed by atoms with Gasteiger partial charge in [0.1, 0.15) is 5.82 Å². The molecule has 0 saturated carbocycles. The standard InChI is InChI=1S/C23H23FN4/c1-15-17(13-25-27(15)2)14-28-12-11-20-19-5-3-4-6-21(19)26-22(20)23(28)16-7-9-18(24)10-8-16/h3-10,13,23,26H,11-12,14H2,1-2H3. The van der Waals surface area contributed by atoms with Crippen LogP contribution in [0.4, 0.5) is 4.39 Å². The van der Waals surface area contributed by atoms with Gasteiger partial charge in [0.2, 0.25) is 0 Å². The number of aromatic nitrogens is 3. The number of aryl methyl sites for hydroxylation is 1. The number of aromatic amines is 1. The fourth-order valence-corrected chi connectivity index (χ4v) is 4.40. The number of hydrogen-bond donors (Lipinski definition) is 1. The topological polar surface area (TPSA) is 36.9 Å². The summed E-state index contributed by atoms with van der Waals surface area (Å²) in [5.74, 6) is -0.203. The van der Waals surface area contributed by atoms with Gasteiger partial charge in [0, 0.05) is 48.0 Å². The fraction of sp³-hybridized carbons (Fsp3) is 0.261. The molecule has 28 heavy (non-hydrogen) atoms. The summed E-state index contributed by atoms with van der Waals surface area (Å²) in [5.41, 5.74) is 7.29. The van der Waals surface area contributed by atoms with Crippen molar-refractivity contribution < 1.29 is 4.39 Å². The minimum atomic E-state index is -0.203. The van der Waals surface area contributed by atoms with Gasteiger partial charge < -0.3 is 4.98 Å². The smallest absolute Gasteiger partial charge is 0.123 e. The number of para-hydroxylation sites is 1. The minimum absolute atomic E-state index is 0.0661. The third-order valence-electron chi connectivity index (χ3n) is 6.03. The van der Waals surface area contributed by atoms with Gasteiger partial charge in [0.25, 0.3) is 0 Å². The minimum Gasteiger partial charge on any atom is -0.357 e. The van der Waals surface area contributed by atoms with Gasteiger partial charge in [0.15, 0.2) is 0 Å². The number of H-pyrrole nitrogens is 1. The molecule has 1 unspecified atom stereocenters. The highest BCUT2D eigenvalue weighted by Gasteiger charge is 2.32. The summed E-state index contributed by atoms with van der Waals surface area (Å²) >= 11 is 0. The summed E-state index contributed by atoms with van der Waals surface area (Å²) in [6, 6.07) is 15.5. The molecule has 0 aliphatic carbocycles. The lowest BCUT2D eigenvalue weighted by molar-refractivity contribution is 0.201. The molecule has 0 fully saturated rings. The molecule has 1 N–H and O–H groups in total. The first-order chi connectivity index (χ1) is 13.6. The zero-order valence-electron chi connectivity index (χ0n) is 16.1. The Morgan fingerprint density at radius 2 is 1.93 bits per heavy atom. The molecule has 1 aliphatic rings. The molecule has 5 rings (SSSR count). The first kappa shape index (κ1) is 17.2. The van der Waals surface area contributed by atoms with Crippen molar-refractivity contribution in [3.05, 3.63) is 88.6 Å². The maximum absolute atomic E-state index is 13.6. The molecule has 4 nitrogen and oxygen atoms in total. The van der Waals surface area contributed by atoms with Crippen LogP contribution in [-0.4, -0.2) is 26.2 Å². The van der Waals surface area contributed by atoms with E-state index in [-0.39, 0.29) is 11.9 Å². The van der Waals surface area contributed by atoms with E-state index in [1.165, 1.54) is 33.4 Å². The molecule has 0 bridgehead atoms. The molecular weight excluding hydrogens is 351 g/mol. The van der Waals surface area contributed by atoms with Crippen molar-refractivity contribution in [1.29, 1.82) is 0 Å². The van der Waals surface area contributed by atoms with E-state index in [0.29, 0.717) is 0 Å². The number of rotatable bonds is 3. The Labute approximate surface area is 163 Å². The van der Waals surface area contributed by atoms with E-state index >= 15 is 0 Å². The number of hydrogen-bond acceptors (Lipinski definition) is 2. The average Bonchev–Trinajstić information content (AvgIpc) is 3.23. The second-order valence-electron chi connectivity index (χ2n) is 7.62. The molecule has 2 aromatic carbocycles. The third kappa shape index (κ3) is 2.74. The molecule has 1 atom stereocenters. The molecule has 1 aliphatic heterocycles. The van der Waals surface area contributed by atoms with E-state index in [4.69, 9.17) is 0 Å². The van der Waals surface area contributed by atoms with Gasteiger partial charge in [-0.3, -0.25) is 9.58 Å². The Bertz CT molecular complexity index is 1140. The van der Waals surface area contributed by atoms with Gasteiger partial charge in [-0.05, 0) is 42.7 Å². The monoisotopic (exact) mass is 374 g/mol. The number of fused-ring (bicyclic) bond motifs is 3. The van der Waals surface area contributed by atoms with Crippen LogP contribution in [0.2, 0.25) is 0 Å². The maximum Gasteiger partial charge on any atom is 0.123 e. The lowest BCUT2D eigenvalue weighted by Gasteiger charge is -2.36. The zero-order chi connectivity index (χ0) is 19.3. The van der Waals surface area contributed by atoms with Crippen molar-refractivity contribution >= 4 is 10.9 Å². The van der Waals surface area contributed by atoms with Crippen LogP contribution in [0.15, 0.2) is 54.7 Å². The fourth-order valence-electron chi connectivity index (χ4n) is 4.40. The molecule has 142 valence electrons. The van der Waals surface area contributed by atoms with E-state index in [1.54, 1.807) is 12.1 Å². The Morgan fingerprint density at radius 1 is 1.14 bits per heavy atom. The molecular formula is C23H23FN4. The first-order valence-corrected chi connectivity index (χ1v) is 9.68. The molecule has 4 aromatic rings. The Hall–Kier alpha value is -2.92. The van der Waals surface area contributed by atoms with Crippen LogP contribution in [0.5, 0.6) is 0 Å². The van der Waals surface area contributed by atoms with Crippen LogP contribution >= 0.6 is 0 Å². The van der Waals surface area contributed by atoms with Crippen molar-refractivity contribution in [2.75, 3.05) is 6.54 Å². The van der Waals surface area contributed by atoms with Gasteiger partial charge in [-0.1, -0.05) is 30.3 Å².